The summed E-state index contributed by atoms with van der Waals surface area (Å²) in [5, 5.41) is 0. The summed E-state index contributed by atoms with van der Waals surface area (Å²) in [6.45, 7) is 2.56. The van der Waals surface area contributed by atoms with Gasteiger partial charge >= 0.3 is 6.18 Å². The first-order valence-corrected chi connectivity index (χ1v) is 9.10. The van der Waals surface area contributed by atoms with Gasteiger partial charge in [-0.05, 0) is 60.0 Å². The molecule has 0 aliphatic rings. The minimum absolute atomic E-state index is 0.352. The zero-order valence-electron chi connectivity index (χ0n) is 15.5. The van der Waals surface area contributed by atoms with E-state index in [1.54, 1.807) is 12.1 Å². The molecule has 28 heavy (non-hydrogen) atoms. The lowest BCUT2D eigenvalue weighted by molar-refractivity contribution is -0.137. The molecule has 0 aromatic heterocycles. The monoisotopic (exact) mass is 386 g/mol. The van der Waals surface area contributed by atoms with E-state index in [2.05, 4.69) is 13.0 Å². The highest BCUT2D eigenvalue weighted by Gasteiger charge is 2.30. The Bertz CT molecular complexity index is 885. The highest BCUT2D eigenvalue weighted by atomic mass is 19.4. The van der Waals surface area contributed by atoms with Crippen LogP contribution in [-0.4, -0.2) is 0 Å². The molecule has 0 N–H and O–H groups in total. The lowest BCUT2D eigenvalue weighted by Crippen LogP contribution is -2.04. The predicted octanol–water partition coefficient (Wildman–Crippen LogP) is 7.03. The first-order chi connectivity index (χ1) is 13.5. The fraction of sp³-hybridized carbons (Fsp3) is 0.217. The van der Waals surface area contributed by atoms with Crippen LogP contribution in [0.4, 0.5) is 13.2 Å². The van der Waals surface area contributed by atoms with Gasteiger partial charge in [-0.15, -0.1) is 0 Å². The smallest absolute Gasteiger partial charge is 0.416 e. The zero-order chi connectivity index (χ0) is 20.0. The molecule has 3 aromatic rings. The number of hydrogen-bond donors (Lipinski definition) is 0. The first-order valence-electron chi connectivity index (χ1n) is 9.10. The summed E-state index contributed by atoms with van der Waals surface area (Å²) < 4.78 is 49.3. The minimum atomic E-state index is -4.35. The summed E-state index contributed by atoms with van der Waals surface area (Å²) in [7, 11) is 0. The Morgan fingerprint density at radius 2 is 1.39 bits per heavy atom. The molecule has 2 nitrogen and oxygen atoms in total. The second-order valence-electron chi connectivity index (χ2n) is 6.41. The van der Waals surface area contributed by atoms with Crippen molar-refractivity contribution in [1.82, 2.24) is 0 Å². The molecule has 0 fully saturated rings. The van der Waals surface area contributed by atoms with E-state index in [0.717, 1.165) is 36.3 Å². The van der Waals surface area contributed by atoms with Crippen LogP contribution < -0.4 is 9.47 Å². The van der Waals surface area contributed by atoms with Crippen LogP contribution in [0.25, 0.3) is 0 Å². The Kier molecular flexibility index (Phi) is 6.24. The van der Waals surface area contributed by atoms with Gasteiger partial charge in [0, 0.05) is 0 Å². The normalized spacial score (nSPS) is 11.3. The van der Waals surface area contributed by atoms with Crippen LogP contribution in [-0.2, 0) is 19.2 Å². The van der Waals surface area contributed by atoms with Crippen LogP contribution in [0.15, 0.2) is 72.8 Å². The molecule has 5 heteroatoms. The average molecular weight is 386 g/mol. The van der Waals surface area contributed by atoms with Crippen LogP contribution in [0.5, 0.6) is 17.2 Å². The standard InChI is InChI=1S/C23H21F3O2/c1-2-5-18-6-3-4-7-22(18)27-16-17-8-12-20(13-9-17)28-21-14-10-19(11-15-21)23(24,25)26/h3-4,6-15H,2,5,16H2,1H3. The van der Waals surface area contributed by atoms with Crippen molar-refractivity contribution in [2.24, 2.45) is 0 Å². The molecule has 0 spiro atoms. The van der Waals surface area contributed by atoms with Gasteiger partial charge in [-0.2, -0.15) is 13.2 Å². The number of halogens is 3. The molecular weight excluding hydrogens is 365 g/mol. The summed E-state index contributed by atoms with van der Waals surface area (Å²) in [4.78, 5) is 0. The third-order valence-corrected chi connectivity index (χ3v) is 4.23. The molecule has 0 saturated carbocycles. The van der Waals surface area contributed by atoms with Gasteiger partial charge in [-0.3, -0.25) is 0 Å². The molecule has 0 amide bonds. The maximum atomic E-state index is 12.6. The number of para-hydroxylation sites is 1. The number of aryl methyl sites for hydroxylation is 1. The van der Waals surface area contributed by atoms with Crippen molar-refractivity contribution < 1.29 is 22.6 Å². The molecule has 0 heterocycles. The van der Waals surface area contributed by atoms with Crippen molar-refractivity contribution in [3.8, 4) is 17.2 Å². The van der Waals surface area contributed by atoms with Crippen LogP contribution >= 0.6 is 0 Å². The average Bonchev–Trinajstić information content (AvgIpc) is 2.68. The largest absolute Gasteiger partial charge is 0.489 e. The Hall–Kier alpha value is -2.95. The highest BCUT2D eigenvalue weighted by molar-refractivity contribution is 5.36. The van der Waals surface area contributed by atoms with Gasteiger partial charge in [0.05, 0.1) is 5.56 Å². The van der Waals surface area contributed by atoms with Crippen molar-refractivity contribution >= 4 is 0 Å². The second kappa shape index (κ2) is 8.83. The van der Waals surface area contributed by atoms with Crippen LogP contribution in [0, 0.1) is 0 Å². The van der Waals surface area contributed by atoms with Gasteiger partial charge in [0.25, 0.3) is 0 Å². The van der Waals surface area contributed by atoms with E-state index >= 15 is 0 Å². The van der Waals surface area contributed by atoms with E-state index in [1.165, 1.54) is 17.7 Å². The number of rotatable bonds is 7. The number of hydrogen-bond acceptors (Lipinski definition) is 2. The number of benzene rings is 3. The SMILES string of the molecule is CCCc1ccccc1OCc1ccc(Oc2ccc(C(F)(F)F)cc2)cc1. The van der Waals surface area contributed by atoms with E-state index in [1.807, 2.05) is 30.3 Å². The van der Waals surface area contributed by atoms with E-state index in [9.17, 15) is 13.2 Å². The Balaban J connectivity index is 1.59. The lowest BCUT2D eigenvalue weighted by Gasteiger charge is -2.12. The molecule has 0 bridgehead atoms. The zero-order valence-corrected chi connectivity index (χ0v) is 15.5. The topological polar surface area (TPSA) is 18.5 Å². The Morgan fingerprint density at radius 1 is 0.786 bits per heavy atom. The maximum absolute atomic E-state index is 12.6. The van der Waals surface area contributed by atoms with Crippen LogP contribution in [0.1, 0.15) is 30.0 Å². The molecule has 0 unspecified atom stereocenters. The molecule has 0 radical (unpaired) electrons. The van der Waals surface area contributed by atoms with Crippen molar-refractivity contribution in [2.45, 2.75) is 32.5 Å². The molecular formula is C23H21F3O2. The molecule has 146 valence electrons. The third-order valence-electron chi connectivity index (χ3n) is 4.23. The number of ether oxygens (including phenoxy) is 2. The van der Waals surface area contributed by atoms with Gasteiger partial charge < -0.3 is 9.47 Å². The second-order valence-corrected chi connectivity index (χ2v) is 6.41. The highest BCUT2D eigenvalue weighted by Crippen LogP contribution is 2.31. The van der Waals surface area contributed by atoms with E-state index in [4.69, 9.17) is 9.47 Å². The van der Waals surface area contributed by atoms with E-state index in [-0.39, 0.29) is 0 Å². The van der Waals surface area contributed by atoms with E-state index < -0.39 is 11.7 Å². The molecule has 0 aliphatic heterocycles. The maximum Gasteiger partial charge on any atom is 0.416 e. The summed E-state index contributed by atoms with van der Waals surface area (Å²) in [5.74, 6) is 1.79. The van der Waals surface area contributed by atoms with Gasteiger partial charge in [0.2, 0.25) is 0 Å². The van der Waals surface area contributed by atoms with Crippen molar-refractivity contribution in [3.63, 3.8) is 0 Å². The summed E-state index contributed by atoms with van der Waals surface area (Å²) >= 11 is 0. The molecule has 0 aliphatic carbocycles. The summed E-state index contributed by atoms with van der Waals surface area (Å²) in [5.41, 5.74) is 1.47. The fourth-order valence-corrected chi connectivity index (χ4v) is 2.78. The van der Waals surface area contributed by atoms with Crippen molar-refractivity contribution in [2.75, 3.05) is 0 Å². The quantitative estimate of drug-likeness (QED) is 0.434. The fourth-order valence-electron chi connectivity index (χ4n) is 2.78. The van der Waals surface area contributed by atoms with Crippen LogP contribution in [0.2, 0.25) is 0 Å². The van der Waals surface area contributed by atoms with Gasteiger partial charge in [0.1, 0.15) is 23.9 Å². The molecule has 0 saturated heterocycles. The summed E-state index contributed by atoms with van der Waals surface area (Å²) in [6, 6.07) is 19.9. The van der Waals surface area contributed by atoms with Gasteiger partial charge in [-0.25, -0.2) is 0 Å². The van der Waals surface area contributed by atoms with Gasteiger partial charge in [0.15, 0.2) is 0 Å². The summed E-state index contributed by atoms with van der Waals surface area (Å²) in [6.07, 6.45) is -2.33. The van der Waals surface area contributed by atoms with Crippen molar-refractivity contribution in [3.05, 3.63) is 89.5 Å². The predicted molar refractivity (Wildman–Crippen MR) is 103 cm³/mol. The first kappa shape index (κ1) is 19.8. The molecule has 3 aromatic carbocycles. The third kappa shape index (κ3) is 5.28. The lowest BCUT2D eigenvalue weighted by atomic mass is 10.1. The van der Waals surface area contributed by atoms with Crippen molar-refractivity contribution in [1.29, 1.82) is 0 Å². The number of alkyl halides is 3. The molecule has 0 atom stereocenters. The van der Waals surface area contributed by atoms with E-state index in [0.29, 0.717) is 18.1 Å². The van der Waals surface area contributed by atoms with Crippen LogP contribution in [0.3, 0.4) is 0 Å². The molecule has 3 rings (SSSR count). The Labute approximate surface area is 162 Å². The minimum Gasteiger partial charge on any atom is -0.489 e. The van der Waals surface area contributed by atoms with Gasteiger partial charge in [-0.1, -0.05) is 43.7 Å². The Morgan fingerprint density at radius 3 is 2.00 bits per heavy atom.